The SMILES string of the molecule is COCC[C@H]1CO[C@H]2CN(CC(=O)N3CCCC3)C[C@@H]12.O=C(O)C(F)(F)F. The first-order valence-corrected chi connectivity index (χ1v) is 9.13. The highest BCUT2D eigenvalue weighted by Gasteiger charge is 2.44. The van der Waals surface area contributed by atoms with Gasteiger partial charge in [-0.3, -0.25) is 9.69 Å². The fourth-order valence-corrected chi connectivity index (χ4v) is 3.83. The number of carboxylic acids is 1. The zero-order chi connectivity index (χ0) is 20.0. The van der Waals surface area contributed by atoms with E-state index in [1.54, 1.807) is 7.11 Å². The van der Waals surface area contributed by atoms with Crippen LogP contribution in [0, 0.1) is 11.8 Å². The lowest BCUT2D eigenvalue weighted by atomic mass is 9.91. The fraction of sp³-hybridized carbons (Fsp3) is 0.882. The maximum atomic E-state index is 12.2. The second-order valence-electron chi connectivity index (χ2n) is 7.16. The number of rotatable bonds is 5. The van der Waals surface area contributed by atoms with E-state index < -0.39 is 12.1 Å². The molecule has 3 aliphatic heterocycles. The molecule has 3 atom stereocenters. The number of methoxy groups -OCH3 is 1. The molecule has 3 saturated heterocycles. The number of hydrogen-bond donors (Lipinski definition) is 1. The van der Waals surface area contributed by atoms with Crippen molar-refractivity contribution in [1.82, 2.24) is 9.80 Å². The maximum absolute atomic E-state index is 12.2. The summed E-state index contributed by atoms with van der Waals surface area (Å²) in [5, 5.41) is 7.12. The Morgan fingerprint density at radius 2 is 1.85 bits per heavy atom. The van der Waals surface area contributed by atoms with Crippen LogP contribution in [0.15, 0.2) is 0 Å². The summed E-state index contributed by atoms with van der Waals surface area (Å²) in [6, 6.07) is 0. The van der Waals surface area contributed by atoms with Gasteiger partial charge >= 0.3 is 12.1 Å². The molecule has 0 aliphatic carbocycles. The van der Waals surface area contributed by atoms with Crippen molar-refractivity contribution in [3.8, 4) is 0 Å². The molecule has 1 amide bonds. The van der Waals surface area contributed by atoms with Crippen molar-refractivity contribution in [2.75, 3.05) is 53.0 Å². The van der Waals surface area contributed by atoms with Gasteiger partial charge in [0.1, 0.15) is 0 Å². The molecule has 3 aliphatic rings. The van der Waals surface area contributed by atoms with Crippen LogP contribution in [0.25, 0.3) is 0 Å². The summed E-state index contributed by atoms with van der Waals surface area (Å²) < 4.78 is 42.8. The average molecular weight is 396 g/mol. The van der Waals surface area contributed by atoms with E-state index in [-0.39, 0.29) is 0 Å². The number of alkyl halides is 3. The lowest BCUT2D eigenvalue weighted by Gasteiger charge is -2.22. The van der Waals surface area contributed by atoms with Gasteiger partial charge in [0.25, 0.3) is 0 Å². The van der Waals surface area contributed by atoms with Gasteiger partial charge in [0.2, 0.25) is 5.91 Å². The van der Waals surface area contributed by atoms with Crippen LogP contribution in [-0.4, -0.2) is 92.1 Å². The Labute approximate surface area is 156 Å². The Bertz CT molecular complexity index is 511. The predicted molar refractivity (Wildman–Crippen MR) is 89.2 cm³/mol. The van der Waals surface area contributed by atoms with Crippen LogP contribution >= 0.6 is 0 Å². The second kappa shape index (κ2) is 9.70. The molecule has 1 N–H and O–H groups in total. The van der Waals surface area contributed by atoms with E-state index in [9.17, 15) is 18.0 Å². The van der Waals surface area contributed by atoms with Crippen LogP contribution in [0.2, 0.25) is 0 Å². The molecule has 3 heterocycles. The zero-order valence-electron chi connectivity index (χ0n) is 15.4. The zero-order valence-corrected chi connectivity index (χ0v) is 15.4. The van der Waals surface area contributed by atoms with Crippen molar-refractivity contribution < 1.29 is 37.3 Å². The highest BCUT2D eigenvalue weighted by molar-refractivity contribution is 5.78. The van der Waals surface area contributed by atoms with Crippen LogP contribution in [0.1, 0.15) is 19.3 Å². The van der Waals surface area contributed by atoms with Crippen LogP contribution in [0.5, 0.6) is 0 Å². The molecule has 0 spiro atoms. The summed E-state index contributed by atoms with van der Waals surface area (Å²) in [5.74, 6) is -1.26. The topological polar surface area (TPSA) is 79.3 Å². The van der Waals surface area contributed by atoms with Gasteiger partial charge in [0.15, 0.2) is 0 Å². The Morgan fingerprint density at radius 3 is 2.41 bits per heavy atom. The second-order valence-corrected chi connectivity index (χ2v) is 7.16. The van der Waals surface area contributed by atoms with Crippen molar-refractivity contribution in [3.05, 3.63) is 0 Å². The summed E-state index contributed by atoms with van der Waals surface area (Å²) in [4.78, 5) is 25.4. The van der Waals surface area contributed by atoms with Crippen molar-refractivity contribution >= 4 is 11.9 Å². The minimum absolute atomic E-state index is 0.302. The lowest BCUT2D eigenvalue weighted by molar-refractivity contribution is -0.192. The van der Waals surface area contributed by atoms with Gasteiger partial charge in [0, 0.05) is 45.8 Å². The number of likely N-dealkylation sites (tertiary alicyclic amines) is 2. The molecule has 3 fully saturated rings. The number of hydrogen-bond acceptors (Lipinski definition) is 5. The largest absolute Gasteiger partial charge is 0.490 e. The van der Waals surface area contributed by atoms with E-state index in [2.05, 4.69) is 4.90 Å². The summed E-state index contributed by atoms with van der Waals surface area (Å²) in [7, 11) is 1.75. The molecule has 0 radical (unpaired) electrons. The number of halogens is 3. The van der Waals surface area contributed by atoms with Gasteiger partial charge < -0.3 is 19.5 Å². The number of ether oxygens (including phenoxy) is 2. The monoisotopic (exact) mass is 396 g/mol. The highest BCUT2D eigenvalue weighted by atomic mass is 19.4. The number of carboxylic acid groups (broad SMARTS) is 1. The molecule has 7 nitrogen and oxygen atoms in total. The van der Waals surface area contributed by atoms with Gasteiger partial charge in [0.05, 0.1) is 19.3 Å². The molecule has 0 aromatic rings. The van der Waals surface area contributed by atoms with E-state index in [1.165, 1.54) is 12.8 Å². The summed E-state index contributed by atoms with van der Waals surface area (Å²) in [6.45, 7) is 6.09. The quantitative estimate of drug-likeness (QED) is 0.753. The van der Waals surface area contributed by atoms with Gasteiger partial charge in [-0.15, -0.1) is 0 Å². The molecule has 3 rings (SSSR count). The van der Waals surface area contributed by atoms with Gasteiger partial charge in [-0.25, -0.2) is 4.79 Å². The first kappa shape index (κ1) is 21.9. The molecule has 27 heavy (non-hydrogen) atoms. The fourth-order valence-electron chi connectivity index (χ4n) is 3.83. The molecule has 0 saturated carbocycles. The van der Waals surface area contributed by atoms with Crippen molar-refractivity contribution in [1.29, 1.82) is 0 Å². The van der Waals surface area contributed by atoms with Crippen LogP contribution in [0.4, 0.5) is 13.2 Å². The predicted octanol–water partition coefficient (Wildman–Crippen LogP) is 1.23. The molecule has 156 valence electrons. The minimum atomic E-state index is -5.08. The normalized spacial score (nSPS) is 28.0. The van der Waals surface area contributed by atoms with Crippen LogP contribution < -0.4 is 0 Å². The molecule has 10 heteroatoms. The number of carbonyl (C=O) groups excluding carboxylic acids is 1. The summed E-state index contributed by atoms with van der Waals surface area (Å²) in [6.07, 6.45) is -1.34. The van der Waals surface area contributed by atoms with Crippen molar-refractivity contribution in [2.45, 2.75) is 31.5 Å². The highest BCUT2D eigenvalue weighted by Crippen LogP contribution is 2.35. The van der Waals surface area contributed by atoms with E-state index in [0.29, 0.717) is 30.4 Å². The van der Waals surface area contributed by atoms with Crippen LogP contribution in [0.3, 0.4) is 0 Å². The van der Waals surface area contributed by atoms with Crippen LogP contribution in [-0.2, 0) is 19.1 Å². The van der Waals surface area contributed by atoms with E-state index in [4.69, 9.17) is 19.4 Å². The average Bonchev–Trinajstić information content (AvgIpc) is 3.30. The van der Waals surface area contributed by atoms with E-state index in [0.717, 1.165) is 45.8 Å². The third kappa shape index (κ3) is 6.32. The van der Waals surface area contributed by atoms with Gasteiger partial charge in [-0.2, -0.15) is 13.2 Å². The first-order chi connectivity index (χ1) is 12.7. The Morgan fingerprint density at radius 1 is 1.22 bits per heavy atom. The Kier molecular flexibility index (Phi) is 7.87. The first-order valence-electron chi connectivity index (χ1n) is 9.13. The maximum Gasteiger partial charge on any atom is 0.490 e. The van der Waals surface area contributed by atoms with E-state index in [1.807, 2.05) is 4.90 Å². The number of fused-ring (bicyclic) bond motifs is 1. The molecule has 0 aromatic heterocycles. The Balaban J connectivity index is 0.000000321. The third-order valence-electron chi connectivity index (χ3n) is 5.27. The van der Waals surface area contributed by atoms with Crippen molar-refractivity contribution in [3.63, 3.8) is 0 Å². The Hall–Kier alpha value is -1.39. The molecule has 0 unspecified atom stereocenters. The smallest absolute Gasteiger partial charge is 0.475 e. The van der Waals surface area contributed by atoms with Gasteiger partial charge in [-0.05, 0) is 25.2 Å². The number of amides is 1. The lowest BCUT2D eigenvalue weighted by Crippen LogP contribution is -2.38. The molecule has 0 bridgehead atoms. The van der Waals surface area contributed by atoms with E-state index >= 15 is 0 Å². The molecular weight excluding hydrogens is 369 g/mol. The van der Waals surface area contributed by atoms with Gasteiger partial charge in [-0.1, -0.05) is 0 Å². The minimum Gasteiger partial charge on any atom is -0.475 e. The number of aliphatic carboxylic acids is 1. The number of nitrogens with zero attached hydrogens (tertiary/aromatic N) is 2. The summed E-state index contributed by atoms with van der Waals surface area (Å²) >= 11 is 0. The number of carbonyl (C=O) groups is 2. The van der Waals surface area contributed by atoms with Crippen molar-refractivity contribution in [2.24, 2.45) is 11.8 Å². The molecule has 0 aromatic carbocycles. The third-order valence-corrected chi connectivity index (χ3v) is 5.27. The standard InChI is InChI=1S/C15H26N2O3.C2HF3O2/c1-19-7-4-12-11-20-14-9-16(8-13(12)14)10-15(18)17-5-2-3-6-17;3-2(4,5)1(6)7/h12-14H,2-11H2,1H3;(H,6,7)/t12-,13-,14-;/m0./s1. The summed E-state index contributed by atoms with van der Waals surface area (Å²) in [5.41, 5.74) is 0. The molecular formula is C17H27F3N2O5.